The fourth-order valence-corrected chi connectivity index (χ4v) is 5.05. The molecule has 0 unspecified atom stereocenters. The Balaban J connectivity index is 1.26. The van der Waals surface area contributed by atoms with Gasteiger partial charge in [0.2, 0.25) is 0 Å². The molecule has 4 aromatic carbocycles. The summed E-state index contributed by atoms with van der Waals surface area (Å²) in [5.74, 6) is -0.570. The van der Waals surface area contributed by atoms with Gasteiger partial charge in [0.1, 0.15) is 5.75 Å². The first-order valence-electron chi connectivity index (χ1n) is 13.0. The molecule has 0 aliphatic carbocycles. The number of nitrogens with one attached hydrogen (secondary N) is 4. The van der Waals surface area contributed by atoms with Crippen molar-refractivity contribution < 1.29 is 32.3 Å². The van der Waals surface area contributed by atoms with Gasteiger partial charge in [-0.25, -0.2) is 9.78 Å². The zero-order valence-electron chi connectivity index (χ0n) is 23.2. The van der Waals surface area contributed by atoms with Crippen molar-refractivity contribution in [3.8, 4) is 5.75 Å². The second kappa shape index (κ2) is 12.4. The van der Waals surface area contributed by atoms with E-state index in [4.69, 9.17) is 4.74 Å². The molecule has 0 radical (unpaired) electrons. The molecule has 0 fully saturated rings. The lowest BCUT2D eigenvalue weighted by atomic mass is 10.1. The Bertz CT molecular complexity index is 1890. The van der Waals surface area contributed by atoms with Gasteiger partial charge in [-0.05, 0) is 73.2 Å². The van der Waals surface area contributed by atoms with Crippen LogP contribution in [0.25, 0.3) is 10.2 Å². The van der Waals surface area contributed by atoms with Gasteiger partial charge in [-0.1, -0.05) is 29.5 Å². The van der Waals surface area contributed by atoms with E-state index in [1.165, 1.54) is 30.6 Å². The van der Waals surface area contributed by atoms with Crippen LogP contribution in [0.3, 0.4) is 0 Å². The van der Waals surface area contributed by atoms with Gasteiger partial charge in [-0.2, -0.15) is 13.2 Å². The van der Waals surface area contributed by atoms with Crippen LogP contribution in [0.15, 0.2) is 84.9 Å². The van der Waals surface area contributed by atoms with Crippen LogP contribution < -0.4 is 26.0 Å². The third-order valence-electron chi connectivity index (χ3n) is 6.39. The van der Waals surface area contributed by atoms with Crippen LogP contribution in [0.1, 0.15) is 31.8 Å². The second-order valence-corrected chi connectivity index (χ2v) is 10.6. The number of halogens is 3. The number of urea groups is 1. The number of aryl methyl sites for hydroxylation is 1. The minimum atomic E-state index is -4.58. The molecule has 0 bridgehead atoms. The summed E-state index contributed by atoms with van der Waals surface area (Å²) in [4.78, 5) is 42.6. The molecule has 0 saturated heterocycles. The molecule has 5 aromatic rings. The summed E-state index contributed by atoms with van der Waals surface area (Å²) in [5.41, 5.74) is 1.74. The Hall–Kier alpha value is -5.43. The van der Waals surface area contributed by atoms with E-state index < -0.39 is 29.6 Å². The quantitative estimate of drug-likeness (QED) is 0.148. The number of aromatic nitrogens is 1. The normalized spacial score (nSPS) is 11.1. The van der Waals surface area contributed by atoms with E-state index in [-0.39, 0.29) is 11.3 Å². The minimum Gasteiger partial charge on any atom is -0.497 e. The van der Waals surface area contributed by atoms with Gasteiger partial charge in [0, 0.05) is 34.3 Å². The van der Waals surface area contributed by atoms with Crippen LogP contribution in [-0.4, -0.2) is 29.9 Å². The number of ether oxygens (including phenoxy) is 1. The number of fused-ring (bicyclic) bond motifs is 1. The number of hydrogen-bond donors (Lipinski definition) is 4. The van der Waals surface area contributed by atoms with Crippen molar-refractivity contribution in [2.24, 2.45) is 0 Å². The number of benzene rings is 4. The minimum absolute atomic E-state index is 0.157. The van der Waals surface area contributed by atoms with Crippen LogP contribution in [0, 0.1) is 6.92 Å². The van der Waals surface area contributed by atoms with E-state index in [0.717, 1.165) is 18.2 Å². The van der Waals surface area contributed by atoms with E-state index in [9.17, 15) is 27.6 Å². The highest BCUT2D eigenvalue weighted by molar-refractivity contribution is 7.22. The average molecular weight is 620 g/mol. The van der Waals surface area contributed by atoms with Gasteiger partial charge in [-0.15, -0.1) is 0 Å². The van der Waals surface area contributed by atoms with E-state index in [0.29, 0.717) is 43.6 Å². The number of methoxy groups -OCH3 is 1. The summed E-state index contributed by atoms with van der Waals surface area (Å²) >= 11 is 1.19. The van der Waals surface area contributed by atoms with E-state index >= 15 is 0 Å². The summed E-state index contributed by atoms with van der Waals surface area (Å²) in [7, 11) is 1.53. The van der Waals surface area contributed by atoms with Gasteiger partial charge in [0.25, 0.3) is 11.8 Å². The van der Waals surface area contributed by atoms with E-state index in [1.807, 2.05) is 0 Å². The predicted octanol–water partition coefficient (Wildman–Crippen LogP) is 7.78. The molecule has 1 aromatic heterocycles. The van der Waals surface area contributed by atoms with Crippen molar-refractivity contribution in [3.63, 3.8) is 0 Å². The highest BCUT2D eigenvalue weighted by Crippen LogP contribution is 2.31. The van der Waals surface area contributed by atoms with Crippen LogP contribution in [0.2, 0.25) is 0 Å². The summed E-state index contributed by atoms with van der Waals surface area (Å²) < 4.78 is 45.0. The third-order valence-corrected chi connectivity index (χ3v) is 7.33. The maximum absolute atomic E-state index is 13.1. The molecular weight excluding hydrogens is 595 g/mol. The maximum atomic E-state index is 13.1. The van der Waals surface area contributed by atoms with Crippen molar-refractivity contribution in [3.05, 3.63) is 107 Å². The Morgan fingerprint density at radius 2 is 1.50 bits per heavy atom. The molecule has 0 aliphatic rings. The highest BCUT2D eigenvalue weighted by atomic mass is 32.1. The molecule has 1 heterocycles. The van der Waals surface area contributed by atoms with Crippen LogP contribution in [-0.2, 0) is 6.18 Å². The molecule has 224 valence electrons. The molecule has 4 N–H and O–H groups in total. The molecule has 13 heteroatoms. The Labute approximate surface area is 253 Å². The Morgan fingerprint density at radius 1 is 0.773 bits per heavy atom. The summed E-state index contributed by atoms with van der Waals surface area (Å²) in [6.07, 6.45) is -4.58. The molecule has 0 spiro atoms. The van der Waals surface area contributed by atoms with Crippen molar-refractivity contribution in [2.45, 2.75) is 13.1 Å². The zero-order valence-corrected chi connectivity index (χ0v) is 24.0. The van der Waals surface area contributed by atoms with Crippen molar-refractivity contribution >= 4 is 61.6 Å². The number of anilines is 4. The Morgan fingerprint density at radius 3 is 2.27 bits per heavy atom. The molecule has 5 rings (SSSR count). The number of alkyl halides is 3. The maximum Gasteiger partial charge on any atom is 0.416 e. The lowest BCUT2D eigenvalue weighted by Gasteiger charge is -2.13. The fraction of sp³-hybridized carbons (Fsp3) is 0.0968. The SMILES string of the molecule is COc1cccc(NC(=O)Nc2nc3ccc(C(=O)Nc4cc(NC(=O)c5cccc(C(F)(F)F)c5)ccc4C)cc3s2)c1. The number of carbonyl (C=O) groups excluding carboxylic acids is 3. The van der Waals surface area contributed by atoms with Crippen molar-refractivity contribution in [1.82, 2.24) is 4.98 Å². The van der Waals surface area contributed by atoms with Crippen LogP contribution in [0.5, 0.6) is 5.75 Å². The fourth-order valence-electron chi connectivity index (χ4n) is 4.15. The number of amides is 4. The molecule has 4 amide bonds. The monoisotopic (exact) mass is 619 g/mol. The molecule has 0 saturated carbocycles. The standard InChI is InChI=1S/C31H24F3N5O4S/c1-17-9-11-22(35-27(40)18-5-3-6-20(13-18)31(32,33)34)16-25(17)37-28(41)19-10-12-24-26(14-19)44-30(38-24)39-29(42)36-21-7-4-8-23(15-21)43-2/h3-16H,1-2H3,(H,35,40)(H,37,41)(H2,36,38,39,42). The topological polar surface area (TPSA) is 121 Å². The Kier molecular flexibility index (Phi) is 8.49. The van der Waals surface area contributed by atoms with Gasteiger partial charge < -0.3 is 20.7 Å². The summed E-state index contributed by atoms with van der Waals surface area (Å²) in [6.45, 7) is 1.76. The second-order valence-electron chi connectivity index (χ2n) is 9.53. The molecule has 44 heavy (non-hydrogen) atoms. The average Bonchev–Trinajstić information content (AvgIpc) is 3.39. The first-order valence-corrected chi connectivity index (χ1v) is 13.8. The largest absolute Gasteiger partial charge is 0.497 e. The lowest BCUT2D eigenvalue weighted by Crippen LogP contribution is -2.19. The van der Waals surface area contributed by atoms with Gasteiger partial charge in [0.15, 0.2) is 5.13 Å². The van der Waals surface area contributed by atoms with E-state index in [2.05, 4.69) is 26.3 Å². The van der Waals surface area contributed by atoms with Gasteiger partial charge >= 0.3 is 12.2 Å². The zero-order chi connectivity index (χ0) is 31.4. The predicted molar refractivity (Wildman–Crippen MR) is 164 cm³/mol. The smallest absolute Gasteiger partial charge is 0.416 e. The summed E-state index contributed by atoms with van der Waals surface area (Å²) in [5, 5.41) is 11.1. The van der Waals surface area contributed by atoms with Crippen molar-refractivity contribution in [1.29, 1.82) is 0 Å². The lowest BCUT2D eigenvalue weighted by molar-refractivity contribution is -0.137. The number of nitrogens with zero attached hydrogens (tertiary/aromatic N) is 1. The first kappa shape index (κ1) is 30.0. The van der Waals surface area contributed by atoms with Crippen LogP contribution in [0.4, 0.5) is 40.2 Å². The molecule has 0 aliphatic heterocycles. The van der Waals surface area contributed by atoms with Gasteiger partial charge in [0.05, 0.1) is 22.9 Å². The number of thiazole rings is 1. The van der Waals surface area contributed by atoms with E-state index in [1.54, 1.807) is 61.5 Å². The highest BCUT2D eigenvalue weighted by Gasteiger charge is 2.31. The number of hydrogen-bond acceptors (Lipinski definition) is 6. The summed E-state index contributed by atoms with van der Waals surface area (Å²) in [6, 6.07) is 20.1. The third kappa shape index (κ3) is 7.13. The molecular formula is C31H24F3N5O4S. The molecule has 9 nitrogen and oxygen atoms in total. The number of carbonyl (C=O) groups is 3. The number of rotatable bonds is 7. The first-order chi connectivity index (χ1) is 21.0. The van der Waals surface area contributed by atoms with Gasteiger partial charge in [-0.3, -0.25) is 14.9 Å². The van der Waals surface area contributed by atoms with Crippen LogP contribution >= 0.6 is 11.3 Å². The molecule has 0 atom stereocenters. The van der Waals surface area contributed by atoms with Crippen molar-refractivity contribution in [2.75, 3.05) is 28.4 Å².